The number of fused-ring (bicyclic) bond motifs is 1. The molecule has 0 bridgehead atoms. The molecule has 3 heteroatoms. The van der Waals surface area contributed by atoms with Crippen LogP contribution in [0.3, 0.4) is 0 Å². The molecule has 2 nitrogen and oxygen atoms in total. The van der Waals surface area contributed by atoms with Crippen LogP contribution in [-0.2, 0) is 17.0 Å². The van der Waals surface area contributed by atoms with E-state index in [1.54, 1.807) is 0 Å². The van der Waals surface area contributed by atoms with Crippen molar-refractivity contribution in [3.05, 3.63) is 108 Å². The Morgan fingerprint density at radius 1 is 0.759 bits per heavy atom. The van der Waals surface area contributed by atoms with Gasteiger partial charge < -0.3 is 5.32 Å². The van der Waals surface area contributed by atoms with E-state index in [2.05, 4.69) is 72.0 Å². The maximum atomic E-state index is 12.4. The molecule has 4 aromatic rings. The van der Waals surface area contributed by atoms with Crippen molar-refractivity contribution in [3.8, 4) is 0 Å². The van der Waals surface area contributed by atoms with Crippen LogP contribution in [0, 0.1) is 0 Å². The van der Waals surface area contributed by atoms with Gasteiger partial charge in [-0.1, -0.05) is 72.8 Å². The van der Waals surface area contributed by atoms with Gasteiger partial charge >= 0.3 is 0 Å². The van der Waals surface area contributed by atoms with Gasteiger partial charge in [-0.3, -0.25) is 4.79 Å². The van der Waals surface area contributed by atoms with E-state index in [-0.39, 0.29) is 5.91 Å². The van der Waals surface area contributed by atoms with Gasteiger partial charge in [0, 0.05) is 22.8 Å². The van der Waals surface area contributed by atoms with Crippen LogP contribution in [0.4, 0.5) is 5.69 Å². The SMILES string of the molecule is O=C(CCc1cccc2ccccc12)Nc1ccc(CSc2ccccc2)cc1. The number of anilines is 1. The molecule has 1 amide bonds. The molecule has 0 unspecified atom stereocenters. The van der Waals surface area contributed by atoms with Crippen molar-refractivity contribution in [2.75, 3.05) is 5.32 Å². The number of carbonyl (C=O) groups is 1. The number of benzene rings is 4. The number of hydrogen-bond acceptors (Lipinski definition) is 2. The van der Waals surface area contributed by atoms with Gasteiger partial charge in [-0.2, -0.15) is 0 Å². The lowest BCUT2D eigenvalue weighted by Gasteiger charge is -2.08. The molecule has 0 spiro atoms. The number of thioether (sulfide) groups is 1. The van der Waals surface area contributed by atoms with Gasteiger partial charge in [0.05, 0.1) is 0 Å². The average Bonchev–Trinajstić information content (AvgIpc) is 2.78. The molecule has 29 heavy (non-hydrogen) atoms. The summed E-state index contributed by atoms with van der Waals surface area (Å²) in [6.07, 6.45) is 1.21. The predicted octanol–water partition coefficient (Wildman–Crippen LogP) is 6.70. The highest BCUT2D eigenvalue weighted by atomic mass is 32.2. The molecule has 0 aromatic heterocycles. The van der Waals surface area contributed by atoms with Crippen molar-refractivity contribution in [3.63, 3.8) is 0 Å². The normalized spacial score (nSPS) is 10.8. The second-order valence-electron chi connectivity index (χ2n) is 6.99. The molecule has 0 aliphatic rings. The average molecular weight is 398 g/mol. The number of hydrogen-bond donors (Lipinski definition) is 1. The Balaban J connectivity index is 1.30. The fourth-order valence-electron chi connectivity index (χ4n) is 3.35. The summed E-state index contributed by atoms with van der Waals surface area (Å²) in [6.45, 7) is 0. The summed E-state index contributed by atoms with van der Waals surface area (Å²) in [5, 5.41) is 5.46. The second-order valence-corrected chi connectivity index (χ2v) is 8.03. The molecule has 4 rings (SSSR count). The van der Waals surface area contributed by atoms with Crippen molar-refractivity contribution in [1.29, 1.82) is 0 Å². The zero-order valence-corrected chi connectivity index (χ0v) is 17.0. The lowest BCUT2D eigenvalue weighted by atomic mass is 10.0. The van der Waals surface area contributed by atoms with Crippen LogP contribution in [0.1, 0.15) is 17.5 Å². The minimum absolute atomic E-state index is 0.0457. The van der Waals surface area contributed by atoms with Crippen molar-refractivity contribution in [2.24, 2.45) is 0 Å². The Labute approximate surface area is 176 Å². The van der Waals surface area contributed by atoms with Gasteiger partial charge in [0.15, 0.2) is 0 Å². The Hall–Kier alpha value is -3.04. The molecule has 0 saturated carbocycles. The summed E-state index contributed by atoms with van der Waals surface area (Å²) < 4.78 is 0. The minimum Gasteiger partial charge on any atom is -0.326 e. The zero-order valence-electron chi connectivity index (χ0n) is 16.2. The first-order chi connectivity index (χ1) is 14.3. The van der Waals surface area contributed by atoms with Gasteiger partial charge in [-0.15, -0.1) is 11.8 Å². The molecule has 0 heterocycles. The number of carbonyl (C=O) groups excluding carboxylic acids is 1. The fraction of sp³-hybridized carbons (Fsp3) is 0.115. The summed E-state index contributed by atoms with van der Waals surface area (Å²) in [5.41, 5.74) is 3.31. The van der Waals surface area contributed by atoms with Gasteiger partial charge in [0.2, 0.25) is 5.91 Å². The minimum atomic E-state index is 0.0457. The predicted molar refractivity (Wildman–Crippen MR) is 123 cm³/mol. The Morgan fingerprint density at radius 3 is 2.31 bits per heavy atom. The van der Waals surface area contributed by atoms with E-state index in [9.17, 15) is 4.79 Å². The van der Waals surface area contributed by atoms with Crippen LogP contribution in [0.2, 0.25) is 0 Å². The molecule has 0 radical (unpaired) electrons. The molecule has 0 aliphatic carbocycles. The van der Waals surface area contributed by atoms with Crippen molar-refractivity contribution in [1.82, 2.24) is 0 Å². The van der Waals surface area contributed by atoms with Crippen LogP contribution >= 0.6 is 11.8 Å². The highest BCUT2D eigenvalue weighted by Gasteiger charge is 2.06. The largest absolute Gasteiger partial charge is 0.326 e. The molecule has 0 atom stereocenters. The summed E-state index contributed by atoms with van der Waals surface area (Å²) in [4.78, 5) is 13.7. The highest BCUT2D eigenvalue weighted by molar-refractivity contribution is 7.98. The fourth-order valence-corrected chi connectivity index (χ4v) is 4.23. The Bertz CT molecular complexity index is 1090. The molecule has 0 aliphatic heterocycles. The highest BCUT2D eigenvalue weighted by Crippen LogP contribution is 2.23. The van der Waals surface area contributed by atoms with E-state index in [4.69, 9.17) is 0 Å². The molecule has 0 saturated heterocycles. The van der Waals surface area contributed by atoms with Gasteiger partial charge in [-0.25, -0.2) is 0 Å². The molecule has 0 fully saturated rings. The van der Waals surface area contributed by atoms with Crippen LogP contribution in [0.15, 0.2) is 102 Å². The maximum absolute atomic E-state index is 12.4. The summed E-state index contributed by atoms with van der Waals surface area (Å²) in [6, 6.07) is 33.1. The second kappa shape index (κ2) is 9.44. The third kappa shape index (κ3) is 5.27. The third-order valence-corrected chi connectivity index (χ3v) is 5.97. The Morgan fingerprint density at radius 2 is 1.48 bits per heavy atom. The van der Waals surface area contributed by atoms with Gasteiger partial charge in [-0.05, 0) is 52.6 Å². The van der Waals surface area contributed by atoms with Crippen molar-refractivity contribution < 1.29 is 4.79 Å². The lowest BCUT2D eigenvalue weighted by Crippen LogP contribution is -2.12. The van der Waals surface area contributed by atoms with Crippen LogP contribution < -0.4 is 5.32 Å². The van der Waals surface area contributed by atoms with Gasteiger partial charge in [0.25, 0.3) is 0 Å². The van der Waals surface area contributed by atoms with Crippen LogP contribution in [0.25, 0.3) is 10.8 Å². The number of rotatable bonds is 7. The topological polar surface area (TPSA) is 29.1 Å². The molecular formula is C26H23NOS. The summed E-state index contributed by atoms with van der Waals surface area (Å²) in [5.74, 6) is 0.962. The summed E-state index contributed by atoms with van der Waals surface area (Å²) >= 11 is 1.81. The molecule has 1 N–H and O–H groups in total. The Kier molecular flexibility index (Phi) is 6.28. The lowest BCUT2D eigenvalue weighted by molar-refractivity contribution is -0.116. The van der Waals surface area contributed by atoms with Crippen molar-refractivity contribution in [2.45, 2.75) is 23.5 Å². The summed E-state index contributed by atoms with van der Waals surface area (Å²) in [7, 11) is 0. The molecule has 144 valence electrons. The molecular weight excluding hydrogens is 374 g/mol. The van der Waals surface area contributed by atoms with E-state index >= 15 is 0 Å². The number of aryl methyl sites for hydroxylation is 1. The van der Waals surface area contributed by atoms with Crippen LogP contribution in [-0.4, -0.2) is 5.91 Å². The standard InChI is InChI=1S/C26H23NOS/c28-26(18-15-22-9-6-8-21-7-4-5-12-25(21)22)27-23-16-13-20(14-17-23)19-29-24-10-2-1-3-11-24/h1-14,16-17H,15,18-19H2,(H,27,28). The first-order valence-corrected chi connectivity index (χ1v) is 10.8. The smallest absolute Gasteiger partial charge is 0.224 e. The third-order valence-electron chi connectivity index (χ3n) is 4.89. The maximum Gasteiger partial charge on any atom is 0.224 e. The van der Waals surface area contributed by atoms with E-state index in [1.807, 2.05) is 42.1 Å². The zero-order chi connectivity index (χ0) is 19.9. The quantitative estimate of drug-likeness (QED) is 0.351. The van der Waals surface area contributed by atoms with Gasteiger partial charge in [0.1, 0.15) is 0 Å². The monoisotopic (exact) mass is 397 g/mol. The van der Waals surface area contributed by atoms with E-state index in [0.717, 1.165) is 17.9 Å². The van der Waals surface area contributed by atoms with E-state index in [1.165, 1.54) is 26.8 Å². The molecule has 4 aromatic carbocycles. The first-order valence-electron chi connectivity index (χ1n) is 9.81. The van der Waals surface area contributed by atoms with Crippen LogP contribution in [0.5, 0.6) is 0 Å². The van der Waals surface area contributed by atoms with Crippen molar-refractivity contribution >= 4 is 34.1 Å². The van der Waals surface area contributed by atoms with E-state index in [0.29, 0.717) is 6.42 Å². The first kappa shape index (κ1) is 19.3. The number of amides is 1. The van der Waals surface area contributed by atoms with E-state index < -0.39 is 0 Å². The number of nitrogens with one attached hydrogen (secondary N) is 1.